The van der Waals surface area contributed by atoms with Crippen molar-refractivity contribution in [2.24, 2.45) is 11.7 Å². The highest BCUT2D eigenvalue weighted by atomic mass is 16.4. The van der Waals surface area contributed by atoms with Gasteiger partial charge in [0.1, 0.15) is 18.1 Å². The van der Waals surface area contributed by atoms with Crippen LogP contribution in [-0.4, -0.2) is 85.7 Å². The van der Waals surface area contributed by atoms with Gasteiger partial charge >= 0.3 is 11.9 Å². The normalized spacial score (nSPS) is 14.7. The first-order chi connectivity index (χ1) is 15.0. The summed E-state index contributed by atoms with van der Waals surface area (Å²) in [6, 6.07) is -5.50. The minimum Gasteiger partial charge on any atom is -0.481 e. The number of imidazole rings is 1. The molecule has 1 aromatic rings. The number of hydrogen-bond acceptors (Lipinski definition) is 8. The molecule has 1 rings (SSSR count). The summed E-state index contributed by atoms with van der Waals surface area (Å²) in [4.78, 5) is 66.2. The maximum absolute atomic E-state index is 12.7. The minimum absolute atomic E-state index is 0.0575. The van der Waals surface area contributed by atoms with Crippen molar-refractivity contribution in [3.8, 4) is 0 Å². The first-order valence-electron chi connectivity index (χ1n) is 9.65. The Balaban J connectivity index is 2.89. The van der Waals surface area contributed by atoms with Gasteiger partial charge in [-0.15, -0.1) is 0 Å². The van der Waals surface area contributed by atoms with Crippen LogP contribution in [0.2, 0.25) is 0 Å². The van der Waals surface area contributed by atoms with Crippen molar-refractivity contribution in [2.45, 2.75) is 50.9 Å². The van der Waals surface area contributed by atoms with Crippen LogP contribution in [0.4, 0.5) is 0 Å². The Hall–Kier alpha value is -3.52. The van der Waals surface area contributed by atoms with E-state index < -0.39 is 72.8 Å². The van der Waals surface area contributed by atoms with Crippen molar-refractivity contribution in [2.75, 3.05) is 6.61 Å². The van der Waals surface area contributed by atoms with Crippen molar-refractivity contribution in [3.63, 3.8) is 0 Å². The Kier molecular flexibility index (Phi) is 10.2. The second-order valence-electron chi connectivity index (χ2n) is 7.36. The van der Waals surface area contributed by atoms with E-state index in [9.17, 15) is 24.0 Å². The van der Waals surface area contributed by atoms with Crippen molar-refractivity contribution in [1.82, 2.24) is 25.9 Å². The number of carboxylic acid groups (broad SMARTS) is 2. The molecule has 9 N–H and O–H groups in total. The number of H-pyrrole nitrogens is 1. The lowest BCUT2D eigenvalue weighted by Crippen LogP contribution is -2.59. The van der Waals surface area contributed by atoms with Crippen LogP contribution in [0.25, 0.3) is 0 Å². The van der Waals surface area contributed by atoms with Crippen molar-refractivity contribution in [3.05, 3.63) is 18.2 Å². The molecule has 0 aliphatic heterocycles. The number of aliphatic hydroxyl groups excluding tert-OH is 1. The van der Waals surface area contributed by atoms with Gasteiger partial charge in [0.15, 0.2) is 0 Å². The second-order valence-corrected chi connectivity index (χ2v) is 7.36. The molecule has 0 fully saturated rings. The molecule has 1 heterocycles. The lowest BCUT2D eigenvalue weighted by atomic mass is 10.0. The molecule has 0 aliphatic carbocycles. The fourth-order valence-electron chi connectivity index (χ4n) is 2.62. The highest BCUT2D eigenvalue weighted by molar-refractivity contribution is 5.95. The molecule has 1 aromatic heterocycles. The molecular weight excluding hydrogens is 428 g/mol. The number of nitrogens with two attached hydrogens (primary N) is 1. The molecule has 4 atom stereocenters. The number of nitrogens with one attached hydrogen (secondary N) is 4. The Morgan fingerprint density at radius 3 is 2.12 bits per heavy atom. The topological polar surface area (TPSA) is 237 Å². The van der Waals surface area contributed by atoms with Crippen LogP contribution in [0.3, 0.4) is 0 Å². The lowest BCUT2D eigenvalue weighted by molar-refractivity contribution is -0.144. The molecule has 32 heavy (non-hydrogen) atoms. The van der Waals surface area contributed by atoms with Crippen LogP contribution >= 0.6 is 0 Å². The molecule has 0 aromatic carbocycles. The average Bonchev–Trinajstić information content (AvgIpc) is 3.21. The zero-order valence-corrected chi connectivity index (χ0v) is 17.6. The zero-order chi connectivity index (χ0) is 24.4. The second kappa shape index (κ2) is 12.4. The highest BCUT2D eigenvalue weighted by Crippen LogP contribution is 2.05. The van der Waals surface area contributed by atoms with Gasteiger partial charge in [-0.2, -0.15) is 0 Å². The van der Waals surface area contributed by atoms with Crippen LogP contribution in [-0.2, 0) is 30.4 Å². The molecular formula is C18H28N6O8. The van der Waals surface area contributed by atoms with Gasteiger partial charge < -0.3 is 42.0 Å². The summed E-state index contributed by atoms with van der Waals surface area (Å²) in [5, 5.41) is 33.8. The predicted molar refractivity (Wildman–Crippen MR) is 108 cm³/mol. The Labute approximate surface area is 183 Å². The van der Waals surface area contributed by atoms with Gasteiger partial charge in [-0.1, -0.05) is 13.8 Å². The fraction of sp³-hybridized carbons (Fsp3) is 0.556. The van der Waals surface area contributed by atoms with Gasteiger partial charge in [0.25, 0.3) is 0 Å². The Morgan fingerprint density at radius 1 is 1.03 bits per heavy atom. The van der Waals surface area contributed by atoms with Crippen LogP contribution in [0.5, 0.6) is 0 Å². The van der Waals surface area contributed by atoms with Gasteiger partial charge in [0.05, 0.1) is 25.4 Å². The predicted octanol–water partition coefficient (Wildman–Crippen LogP) is -3.06. The maximum Gasteiger partial charge on any atom is 0.328 e. The van der Waals surface area contributed by atoms with Gasteiger partial charge in [-0.3, -0.25) is 19.2 Å². The third kappa shape index (κ3) is 8.31. The summed E-state index contributed by atoms with van der Waals surface area (Å²) in [6.07, 6.45) is 2.12. The number of hydrogen-bond donors (Lipinski definition) is 8. The number of aliphatic hydroxyl groups is 1. The monoisotopic (exact) mass is 456 g/mol. The Bertz CT molecular complexity index is 812. The van der Waals surface area contributed by atoms with Crippen molar-refractivity contribution < 1.29 is 39.3 Å². The number of carboxylic acids is 2. The summed E-state index contributed by atoms with van der Waals surface area (Å²) in [7, 11) is 0. The number of rotatable bonds is 13. The molecule has 0 saturated heterocycles. The van der Waals surface area contributed by atoms with Gasteiger partial charge in [0, 0.05) is 18.3 Å². The zero-order valence-electron chi connectivity index (χ0n) is 17.6. The van der Waals surface area contributed by atoms with Crippen LogP contribution in [0.1, 0.15) is 26.0 Å². The standard InChI is InChI=1S/C18H28N6O8/c1-8(2)14(17(30)23-12(6-25)18(31)32)24-16(29)11(4-13(26)27)22-15(28)10(19)3-9-5-20-7-21-9/h5,7-8,10-12,14,25H,3-4,6,19H2,1-2H3,(H,20,21)(H,22,28)(H,23,30)(H,24,29)(H,26,27)(H,31,32). The molecule has 0 radical (unpaired) electrons. The third-order valence-electron chi connectivity index (χ3n) is 4.39. The smallest absolute Gasteiger partial charge is 0.328 e. The summed E-state index contributed by atoms with van der Waals surface area (Å²) in [5.41, 5.74) is 6.36. The minimum atomic E-state index is -1.59. The molecule has 0 bridgehead atoms. The van der Waals surface area contributed by atoms with Crippen LogP contribution in [0.15, 0.2) is 12.5 Å². The number of amides is 3. The summed E-state index contributed by atoms with van der Waals surface area (Å²) >= 11 is 0. The van der Waals surface area contributed by atoms with Crippen molar-refractivity contribution in [1.29, 1.82) is 0 Å². The van der Waals surface area contributed by atoms with Crippen LogP contribution in [0, 0.1) is 5.92 Å². The van der Waals surface area contributed by atoms with Gasteiger partial charge in [-0.05, 0) is 5.92 Å². The molecule has 4 unspecified atom stereocenters. The number of nitrogens with zero attached hydrogens (tertiary/aromatic N) is 1. The van der Waals surface area contributed by atoms with Gasteiger partial charge in [-0.25, -0.2) is 9.78 Å². The number of carbonyl (C=O) groups is 5. The van der Waals surface area contributed by atoms with Gasteiger partial charge in [0.2, 0.25) is 17.7 Å². The SMILES string of the molecule is CC(C)C(NC(=O)C(CC(=O)O)NC(=O)C(N)Cc1cnc[nH]1)C(=O)NC(CO)C(=O)O. The Morgan fingerprint density at radius 2 is 1.66 bits per heavy atom. The van der Waals surface area contributed by atoms with E-state index in [-0.39, 0.29) is 6.42 Å². The summed E-state index contributed by atoms with van der Waals surface area (Å²) < 4.78 is 0. The number of aliphatic carboxylic acids is 2. The first kappa shape index (κ1) is 26.5. The van der Waals surface area contributed by atoms with Crippen LogP contribution < -0.4 is 21.7 Å². The van der Waals surface area contributed by atoms with Crippen molar-refractivity contribution >= 4 is 29.7 Å². The molecule has 3 amide bonds. The molecule has 14 heteroatoms. The number of aromatic nitrogens is 2. The maximum atomic E-state index is 12.7. The average molecular weight is 456 g/mol. The molecule has 0 spiro atoms. The lowest BCUT2D eigenvalue weighted by Gasteiger charge is -2.26. The van der Waals surface area contributed by atoms with E-state index in [1.54, 1.807) is 13.8 Å². The molecule has 0 saturated carbocycles. The van der Waals surface area contributed by atoms with E-state index in [0.717, 1.165) is 0 Å². The van der Waals surface area contributed by atoms with E-state index in [4.69, 9.17) is 21.1 Å². The first-order valence-corrected chi connectivity index (χ1v) is 9.65. The van der Waals surface area contributed by atoms with E-state index in [1.165, 1.54) is 12.5 Å². The third-order valence-corrected chi connectivity index (χ3v) is 4.39. The quantitative estimate of drug-likeness (QED) is 0.149. The molecule has 14 nitrogen and oxygen atoms in total. The fourth-order valence-corrected chi connectivity index (χ4v) is 2.62. The van der Waals surface area contributed by atoms with E-state index in [2.05, 4.69) is 25.9 Å². The largest absolute Gasteiger partial charge is 0.481 e. The molecule has 178 valence electrons. The number of carbonyl (C=O) groups excluding carboxylic acids is 3. The van der Waals surface area contributed by atoms with E-state index in [1.807, 2.05) is 0 Å². The van der Waals surface area contributed by atoms with E-state index >= 15 is 0 Å². The summed E-state index contributed by atoms with van der Waals surface area (Å²) in [6.45, 7) is 2.25. The number of aromatic amines is 1. The molecule has 0 aliphatic rings. The van der Waals surface area contributed by atoms with E-state index in [0.29, 0.717) is 5.69 Å². The summed E-state index contributed by atoms with van der Waals surface area (Å²) in [5.74, 6) is -6.06. The highest BCUT2D eigenvalue weighted by Gasteiger charge is 2.32.